The minimum absolute atomic E-state index is 0.0524. The van der Waals surface area contributed by atoms with Crippen molar-refractivity contribution in [2.45, 2.75) is 39.0 Å². The van der Waals surface area contributed by atoms with Gasteiger partial charge in [-0.15, -0.1) is 0 Å². The fraction of sp³-hybridized carbons (Fsp3) is 0.818. The van der Waals surface area contributed by atoms with Crippen LogP contribution in [-0.2, 0) is 14.3 Å². The van der Waals surface area contributed by atoms with Gasteiger partial charge in [-0.3, -0.25) is 9.59 Å². The lowest BCUT2D eigenvalue weighted by atomic mass is 9.81. The Hall–Kier alpha value is -0.570. The van der Waals surface area contributed by atoms with Crippen molar-refractivity contribution in [3.63, 3.8) is 0 Å². The van der Waals surface area contributed by atoms with Crippen LogP contribution in [0, 0.1) is 11.8 Å². The van der Waals surface area contributed by atoms with E-state index in [0.717, 1.165) is 32.1 Å². The van der Waals surface area contributed by atoms with E-state index >= 15 is 0 Å². The normalized spacial score (nSPS) is 26.0. The molecule has 0 spiro atoms. The molecule has 1 aliphatic carbocycles. The second kappa shape index (κ2) is 6.11. The third kappa shape index (κ3) is 4.65. The van der Waals surface area contributed by atoms with Crippen molar-refractivity contribution in [2.24, 2.45) is 11.8 Å². The molecule has 0 atom stereocenters. The molecule has 1 aliphatic rings. The second-order valence-electron chi connectivity index (χ2n) is 4.15. The van der Waals surface area contributed by atoms with Crippen LogP contribution in [0.1, 0.15) is 39.0 Å². The van der Waals surface area contributed by atoms with Crippen LogP contribution in [-0.4, -0.2) is 17.8 Å². The average Bonchev–Trinajstić information content (AvgIpc) is 2.18. The Balaban J connectivity index is 2.14. The van der Waals surface area contributed by atoms with Crippen molar-refractivity contribution >= 4 is 22.8 Å². The summed E-state index contributed by atoms with van der Waals surface area (Å²) >= 11 is 5.44. The molecular weight excluding hydrogens is 216 g/mol. The van der Waals surface area contributed by atoms with E-state index in [1.807, 2.05) is 0 Å². The molecule has 0 saturated heterocycles. The Morgan fingerprint density at radius 1 is 1.27 bits per heavy atom. The molecule has 0 bridgehead atoms. The summed E-state index contributed by atoms with van der Waals surface area (Å²) in [7, 11) is 0. The summed E-state index contributed by atoms with van der Waals surface area (Å²) in [6.07, 6.45) is 4.71. The highest BCUT2D eigenvalue weighted by Gasteiger charge is 2.24. The van der Waals surface area contributed by atoms with Gasteiger partial charge >= 0.3 is 5.97 Å². The van der Waals surface area contributed by atoms with Crippen molar-refractivity contribution in [1.29, 1.82) is 0 Å². The lowest BCUT2D eigenvalue weighted by molar-refractivity contribution is -0.141. The maximum Gasteiger partial charge on any atom is 0.302 e. The van der Waals surface area contributed by atoms with E-state index < -0.39 is 0 Å². The van der Waals surface area contributed by atoms with E-state index in [9.17, 15) is 9.59 Å². The first-order valence-corrected chi connectivity index (χ1v) is 5.80. The second-order valence-corrected chi connectivity index (χ2v) is 4.52. The summed E-state index contributed by atoms with van der Waals surface area (Å²) in [5.74, 6) is 0.410. The molecule has 0 N–H and O–H groups in total. The Bertz CT molecular complexity index is 229. The number of carbonyl (C=O) groups is 2. The Morgan fingerprint density at radius 3 is 2.33 bits per heavy atom. The van der Waals surface area contributed by atoms with Gasteiger partial charge in [-0.05, 0) is 49.6 Å². The van der Waals surface area contributed by atoms with E-state index in [1.165, 1.54) is 6.92 Å². The van der Waals surface area contributed by atoms with E-state index in [2.05, 4.69) is 0 Å². The van der Waals surface area contributed by atoms with Crippen molar-refractivity contribution in [1.82, 2.24) is 0 Å². The molecule has 86 valence electrons. The van der Waals surface area contributed by atoms with Crippen LogP contribution in [0.4, 0.5) is 0 Å². The van der Waals surface area contributed by atoms with Gasteiger partial charge in [-0.1, -0.05) is 0 Å². The Labute approximate surface area is 95.1 Å². The molecular formula is C11H17ClO3. The molecule has 1 rings (SSSR count). The van der Waals surface area contributed by atoms with Crippen LogP contribution in [0.15, 0.2) is 0 Å². The zero-order chi connectivity index (χ0) is 11.3. The predicted molar refractivity (Wildman–Crippen MR) is 57.6 cm³/mol. The zero-order valence-corrected chi connectivity index (χ0v) is 9.76. The van der Waals surface area contributed by atoms with Crippen molar-refractivity contribution in [3.8, 4) is 0 Å². The van der Waals surface area contributed by atoms with Gasteiger partial charge in [0.05, 0.1) is 6.61 Å². The molecule has 1 fully saturated rings. The van der Waals surface area contributed by atoms with E-state index in [4.69, 9.17) is 16.3 Å². The molecule has 0 radical (unpaired) electrons. The standard InChI is InChI=1S/C11H17ClO3/c1-8(13)15-7-6-9-2-4-10(5-3-9)11(12)14/h9-10H,2-7H2,1H3. The molecule has 3 nitrogen and oxygen atoms in total. The van der Waals surface area contributed by atoms with Crippen LogP contribution in [0.5, 0.6) is 0 Å². The lowest BCUT2D eigenvalue weighted by Crippen LogP contribution is -2.20. The fourth-order valence-electron chi connectivity index (χ4n) is 2.05. The molecule has 15 heavy (non-hydrogen) atoms. The van der Waals surface area contributed by atoms with Crippen molar-refractivity contribution in [3.05, 3.63) is 0 Å². The van der Waals surface area contributed by atoms with Gasteiger partial charge in [0.2, 0.25) is 5.24 Å². The van der Waals surface area contributed by atoms with Crippen molar-refractivity contribution < 1.29 is 14.3 Å². The van der Waals surface area contributed by atoms with Gasteiger partial charge < -0.3 is 4.74 Å². The zero-order valence-electron chi connectivity index (χ0n) is 9.00. The molecule has 1 saturated carbocycles. The first-order chi connectivity index (χ1) is 7.09. The number of halogens is 1. The number of rotatable bonds is 4. The number of carbonyl (C=O) groups excluding carboxylic acids is 2. The lowest BCUT2D eigenvalue weighted by Gasteiger charge is -2.25. The summed E-state index contributed by atoms with van der Waals surface area (Å²) in [6, 6.07) is 0. The largest absolute Gasteiger partial charge is 0.466 e. The molecule has 0 heterocycles. The molecule has 0 aromatic rings. The number of ether oxygens (including phenoxy) is 1. The Kier molecular flexibility index (Phi) is 5.09. The molecule has 0 aromatic heterocycles. The number of hydrogen-bond acceptors (Lipinski definition) is 3. The van der Waals surface area contributed by atoms with Crippen molar-refractivity contribution in [2.75, 3.05) is 6.61 Å². The van der Waals surface area contributed by atoms with Gasteiger partial charge in [0.1, 0.15) is 0 Å². The van der Waals surface area contributed by atoms with Gasteiger partial charge in [-0.25, -0.2) is 0 Å². The fourth-order valence-corrected chi connectivity index (χ4v) is 2.27. The topological polar surface area (TPSA) is 43.4 Å². The van der Waals surface area contributed by atoms with E-state index in [1.54, 1.807) is 0 Å². The first kappa shape index (κ1) is 12.5. The molecule has 0 unspecified atom stereocenters. The third-order valence-corrected chi connectivity index (χ3v) is 3.31. The molecule has 4 heteroatoms. The monoisotopic (exact) mass is 232 g/mol. The summed E-state index contributed by atoms with van der Waals surface area (Å²) in [4.78, 5) is 21.4. The maximum atomic E-state index is 10.9. The average molecular weight is 233 g/mol. The number of esters is 1. The van der Waals surface area contributed by atoms with Gasteiger partial charge in [0.15, 0.2) is 0 Å². The van der Waals surface area contributed by atoms with Crippen LogP contribution < -0.4 is 0 Å². The van der Waals surface area contributed by atoms with Gasteiger partial charge in [0.25, 0.3) is 0 Å². The van der Waals surface area contributed by atoms with Crippen LogP contribution in [0.25, 0.3) is 0 Å². The van der Waals surface area contributed by atoms with Crippen LogP contribution in [0.3, 0.4) is 0 Å². The van der Waals surface area contributed by atoms with Gasteiger partial charge in [0, 0.05) is 12.8 Å². The molecule has 0 aliphatic heterocycles. The number of hydrogen-bond donors (Lipinski definition) is 0. The smallest absolute Gasteiger partial charge is 0.302 e. The summed E-state index contributed by atoms with van der Waals surface area (Å²) in [5.41, 5.74) is 0. The molecule has 0 aromatic carbocycles. The van der Waals surface area contributed by atoms with E-state index in [0.29, 0.717) is 12.5 Å². The highest BCUT2D eigenvalue weighted by molar-refractivity contribution is 6.63. The van der Waals surface area contributed by atoms with E-state index in [-0.39, 0.29) is 17.1 Å². The van der Waals surface area contributed by atoms with Crippen LogP contribution in [0.2, 0.25) is 0 Å². The van der Waals surface area contributed by atoms with Crippen LogP contribution >= 0.6 is 11.6 Å². The third-order valence-electron chi connectivity index (χ3n) is 3.00. The highest BCUT2D eigenvalue weighted by Crippen LogP contribution is 2.31. The quantitative estimate of drug-likeness (QED) is 0.553. The highest BCUT2D eigenvalue weighted by atomic mass is 35.5. The Morgan fingerprint density at radius 2 is 1.87 bits per heavy atom. The SMILES string of the molecule is CC(=O)OCCC1CCC(C(=O)Cl)CC1. The predicted octanol–water partition coefficient (Wildman–Crippen LogP) is 2.51. The molecule has 0 amide bonds. The van der Waals surface area contributed by atoms with Gasteiger partial charge in [-0.2, -0.15) is 0 Å². The minimum Gasteiger partial charge on any atom is -0.466 e. The first-order valence-electron chi connectivity index (χ1n) is 5.42. The maximum absolute atomic E-state index is 10.9. The summed E-state index contributed by atoms with van der Waals surface area (Å²) in [5, 5.41) is -0.201. The summed E-state index contributed by atoms with van der Waals surface area (Å²) in [6.45, 7) is 1.92. The summed E-state index contributed by atoms with van der Waals surface area (Å²) < 4.78 is 4.89. The minimum atomic E-state index is -0.223.